The van der Waals surface area contributed by atoms with Gasteiger partial charge in [-0.05, 0) is 4.98 Å². The lowest BCUT2D eigenvalue weighted by Gasteiger charge is -1.65. The van der Waals surface area contributed by atoms with Crippen LogP contribution in [-0.2, 0) is 7.05 Å². The monoisotopic (exact) mass is 115 g/mol. The Labute approximate surface area is 46.6 Å². The van der Waals surface area contributed by atoms with E-state index < -0.39 is 0 Å². The Balaban J connectivity index is 3.04. The van der Waals surface area contributed by atoms with Crippen molar-refractivity contribution in [3.63, 3.8) is 0 Å². The van der Waals surface area contributed by atoms with Crippen LogP contribution in [0.1, 0.15) is 5.01 Å². The minimum atomic E-state index is 1.11. The fraction of sp³-hybridized carbons (Fsp3) is 0.500. The molecule has 0 fully saturated rings. The highest BCUT2D eigenvalue weighted by Crippen LogP contribution is 1.90. The first kappa shape index (κ1) is 4.71. The number of nitrogens with zero attached hydrogens (tertiary/aromatic N) is 2. The molecule has 38 valence electrons. The van der Waals surface area contributed by atoms with Crippen LogP contribution in [0.4, 0.5) is 0 Å². The fourth-order valence-electron chi connectivity index (χ4n) is 0.418. The largest absolute Gasteiger partial charge is 0.298 e. The van der Waals surface area contributed by atoms with E-state index in [0.717, 1.165) is 5.01 Å². The van der Waals surface area contributed by atoms with Crippen molar-refractivity contribution in [1.82, 2.24) is 4.98 Å². The van der Waals surface area contributed by atoms with Crippen molar-refractivity contribution in [1.29, 1.82) is 0 Å². The average molecular weight is 115 g/mol. The Kier molecular flexibility index (Phi) is 1.06. The van der Waals surface area contributed by atoms with Crippen LogP contribution in [0.5, 0.6) is 0 Å². The molecular formula is C4H7N2S+. The Morgan fingerprint density at radius 1 is 1.86 bits per heavy atom. The van der Waals surface area contributed by atoms with Gasteiger partial charge in [-0.2, -0.15) is 3.96 Å². The SMILES string of the molecule is Cc1nc[n+](C)s1. The Morgan fingerprint density at radius 3 is 2.71 bits per heavy atom. The predicted octanol–water partition coefficient (Wildman–Crippen LogP) is 0.276. The van der Waals surface area contributed by atoms with E-state index in [9.17, 15) is 0 Å². The van der Waals surface area contributed by atoms with E-state index in [1.54, 1.807) is 17.9 Å². The van der Waals surface area contributed by atoms with Gasteiger partial charge in [0.05, 0.1) is 18.6 Å². The second-order valence-corrected chi connectivity index (χ2v) is 2.75. The topological polar surface area (TPSA) is 16.8 Å². The standard InChI is InChI=1S/C4H7N2S/c1-4-5-3-6(2)7-4/h3H,1-2H3/q+1. The first-order valence-electron chi connectivity index (χ1n) is 2.07. The van der Waals surface area contributed by atoms with Gasteiger partial charge in [0.2, 0.25) is 5.01 Å². The summed E-state index contributed by atoms with van der Waals surface area (Å²) in [6.45, 7) is 1.99. The van der Waals surface area contributed by atoms with Crippen LogP contribution < -0.4 is 3.96 Å². The molecule has 3 heteroatoms. The highest BCUT2D eigenvalue weighted by atomic mass is 32.1. The van der Waals surface area contributed by atoms with Crippen molar-refractivity contribution in [3.8, 4) is 0 Å². The van der Waals surface area contributed by atoms with Crippen LogP contribution in [0.15, 0.2) is 6.33 Å². The summed E-state index contributed by atoms with van der Waals surface area (Å²) in [6, 6.07) is 0. The summed E-state index contributed by atoms with van der Waals surface area (Å²) in [5.74, 6) is 0. The fourth-order valence-corrected chi connectivity index (χ4v) is 1.02. The van der Waals surface area contributed by atoms with Gasteiger partial charge in [0, 0.05) is 6.92 Å². The van der Waals surface area contributed by atoms with E-state index in [1.165, 1.54) is 0 Å². The van der Waals surface area contributed by atoms with Gasteiger partial charge in [0.15, 0.2) is 0 Å². The molecule has 0 amide bonds. The maximum atomic E-state index is 4.00. The third kappa shape index (κ3) is 0.962. The van der Waals surface area contributed by atoms with Crippen molar-refractivity contribution in [2.75, 3.05) is 0 Å². The van der Waals surface area contributed by atoms with E-state index in [4.69, 9.17) is 0 Å². The van der Waals surface area contributed by atoms with Crippen LogP contribution in [0.3, 0.4) is 0 Å². The molecule has 1 rings (SSSR count). The lowest BCUT2D eigenvalue weighted by Crippen LogP contribution is -2.19. The maximum absolute atomic E-state index is 4.00. The van der Waals surface area contributed by atoms with Crippen LogP contribution in [0, 0.1) is 6.92 Å². The van der Waals surface area contributed by atoms with Gasteiger partial charge in [-0.1, -0.05) is 0 Å². The highest BCUT2D eigenvalue weighted by Gasteiger charge is 1.96. The molecule has 0 spiro atoms. The van der Waals surface area contributed by atoms with E-state index >= 15 is 0 Å². The molecule has 1 heterocycles. The molecule has 0 atom stereocenters. The third-order valence-electron chi connectivity index (χ3n) is 0.678. The van der Waals surface area contributed by atoms with E-state index in [2.05, 4.69) is 4.98 Å². The lowest BCUT2D eigenvalue weighted by molar-refractivity contribution is -0.603. The Hall–Kier alpha value is -0.440. The summed E-state index contributed by atoms with van der Waals surface area (Å²) in [7, 11) is 1.98. The van der Waals surface area contributed by atoms with Gasteiger partial charge in [-0.3, -0.25) is 0 Å². The van der Waals surface area contributed by atoms with Crippen LogP contribution in [0.25, 0.3) is 0 Å². The molecule has 0 saturated heterocycles. The van der Waals surface area contributed by atoms with E-state index in [-0.39, 0.29) is 0 Å². The third-order valence-corrected chi connectivity index (χ3v) is 1.43. The molecule has 0 N–H and O–H groups in total. The summed E-state index contributed by atoms with van der Waals surface area (Å²) in [4.78, 5) is 4.00. The zero-order valence-electron chi connectivity index (χ0n) is 4.38. The summed E-state index contributed by atoms with van der Waals surface area (Å²) in [6.07, 6.45) is 1.81. The lowest BCUT2D eigenvalue weighted by atomic mass is 10.8. The first-order chi connectivity index (χ1) is 3.29. The molecular weight excluding hydrogens is 108 g/mol. The molecule has 7 heavy (non-hydrogen) atoms. The quantitative estimate of drug-likeness (QED) is 0.444. The summed E-state index contributed by atoms with van der Waals surface area (Å²) in [5.41, 5.74) is 0. The normalized spacial score (nSPS) is 9.43. The minimum absolute atomic E-state index is 1.11. The summed E-state index contributed by atoms with van der Waals surface area (Å²) < 4.78 is 1.97. The molecule has 0 saturated carbocycles. The molecule has 0 unspecified atom stereocenters. The number of aryl methyl sites for hydroxylation is 2. The van der Waals surface area contributed by atoms with Crippen molar-refractivity contribution < 1.29 is 3.96 Å². The first-order valence-corrected chi connectivity index (χ1v) is 2.85. The molecule has 1 aromatic heterocycles. The highest BCUT2D eigenvalue weighted by molar-refractivity contribution is 7.01. The number of rotatable bonds is 0. The number of hydrogen-bond donors (Lipinski definition) is 0. The van der Waals surface area contributed by atoms with E-state index in [1.807, 2.05) is 17.9 Å². The second-order valence-electron chi connectivity index (χ2n) is 1.40. The van der Waals surface area contributed by atoms with Crippen LogP contribution in [-0.4, -0.2) is 4.98 Å². The van der Waals surface area contributed by atoms with Gasteiger partial charge in [-0.15, -0.1) is 0 Å². The molecule has 0 aliphatic heterocycles. The smallest absolute Gasteiger partial charge is 0.178 e. The molecule has 1 aromatic rings. The summed E-state index contributed by atoms with van der Waals surface area (Å²) >= 11 is 1.65. The second kappa shape index (κ2) is 1.58. The van der Waals surface area contributed by atoms with E-state index in [0.29, 0.717) is 0 Å². The van der Waals surface area contributed by atoms with Crippen molar-refractivity contribution >= 4 is 11.5 Å². The van der Waals surface area contributed by atoms with Gasteiger partial charge >= 0.3 is 0 Å². The predicted molar refractivity (Wildman–Crippen MR) is 28.0 cm³/mol. The van der Waals surface area contributed by atoms with Gasteiger partial charge in [0.1, 0.15) is 0 Å². The molecule has 2 nitrogen and oxygen atoms in total. The Bertz CT molecular complexity index is 142. The molecule has 0 radical (unpaired) electrons. The molecule has 0 aliphatic carbocycles. The van der Waals surface area contributed by atoms with Crippen LogP contribution in [0.2, 0.25) is 0 Å². The van der Waals surface area contributed by atoms with Crippen LogP contribution >= 0.6 is 11.5 Å². The van der Waals surface area contributed by atoms with Crippen molar-refractivity contribution in [2.24, 2.45) is 7.05 Å². The zero-order chi connectivity index (χ0) is 5.28. The van der Waals surface area contributed by atoms with Crippen molar-refractivity contribution in [2.45, 2.75) is 6.92 Å². The molecule has 0 aromatic carbocycles. The van der Waals surface area contributed by atoms with Gasteiger partial charge in [-0.25, -0.2) is 0 Å². The molecule has 0 bridgehead atoms. The number of hydrogen-bond acceptors (Lipinski definition) is 2. The minimum Gasteiger partial charge on any atom is -0.178 e. The zero-order valence-corrected chi connectivity index (χ0v) is 5.20. The van der Waals surface area contributed by atoms with Crippen molar-refractivity contribution in [3.05, 3.63) is 11.3 Å². The van der Waals surface area contributed by atoms with Gasteiger partial charge < -0.3 is 0 Å². The maximum Gasteiger partial charge on any atom is 0.298 e. The number of aromatic nitrogens is 2. The average Bonchev–Trinajstić information content (AvgIpc) is 1.87. The Morgan fingerprint density at radius 2 is 2.57 bits per heavy atom. The molecule has 0 aliphatic rings. The summed E-state index contributed by atoms with van der Waals surface area (Å²) in [5, 5.41) is 1.11. The van der Waals surface area contributed by atoms with Gasteiger partial charge in [0.25, 0.3) is 6.33 Å².